The Morgan fingerprint density at radius 3 is 2.29 bits per heavy atom. The average molecular weight is 609 g/mol. The molecule has 0 aromatic rings. The SMILES string of the molecule is N=C(N[C@@H]1C[C@H](N)C(O[C@H]2O[C@H](CNCC(O)CO)CCC2N)C(O)C1O[C@H]1OC(CO)C(O)[C@H](N)C1O)C1(O)CC1. The lowest BCUT2D eigenvalue weighted by atomic mass is 9.83. The topological polar surface area (TPSA) is 304 Å². The first-order valence-electron chi connectivity index (χ1n) is 14.5. The third-order valence-corrected chi connectivity index (χ3v) is 8.52. The second-order valence-corrected chi connectivity index (χ2v) is 11.9. The van der Waals surface area contributed by atoms with E-state index in [-0.39, 0.29) is 31.5 Å². The lowest BCUT2D eigenvalue weighted by molar-refractivity contribution is -0.313. The van der Waals surface area contributed by atoms with Crippen LogP contribution in [-0.4, -0.2) is 159 Å². The number of rotatable bonds is 12. The van der Waals surface area contributed by atoms with E-state index < -0.39 is 91.7 Å². The Kier molecular flexibility index (Phi) is 11.5. The van der Waals surface area contributed by atoms with Gasteiger partial charge >= 0.3 is 0 Å². The summed E-state index contributed by atoms with van der Waals surface area (Å²) in [6.45, 7) is -0.442. The van der Waals surface area contributed by atoms with Crippen molar-refractivity contribution in [1.82, 2.24) is 10.6 Å². The summed E-state index contributed by atoms with van der Waals surface area (Å²) >= 11 is 0. The first kappa shape index (κ1) is 33.8. The molecule has 244 valence electrons. The summed E-state index contributed by atoms with van der Waals surface area (Å²) in [7, 11) is 0. The minimum Gasteiger partial charge on any atom is -0.394 e. The fourth-order valence-corrected chi connectivity index (χ4v) is 5.60. The van der Waals surface area contributed by atoms with E-state index in [0.29, 0.717) is 32.2 Å². The maximum atomic E-state index is 11.5. The molecule has 0 aromatic heterocycles. The van der Waals surface area contributed by atoms with Crippen molar-refractivity contribution >= 4 is 5.84 Å². The van der Waals surface area contributed by atoms with E-state index in [9.17, 15) is 30.6 Å². The van der Waals surface area contributed by atoms with E-state index in [1.807, 2.05) is 0 Å². The van der Waals surface area contributed by atoms with Crippen LogP contribution in [-0.2, 0) is 18.9 Å². The van der Waals surface area contributed by atoms with Gasteiger partial charge in [-0.05, 0) is 32.1 Å². The van der Waals surface area contributed by atoms with Crippen LogP contribution in [0.15, 0.2) is 0 Å². The van der Waals surface area contributed by atoms with Gasteiger partial charge in [0.2, 0.25) is 0 Å². The maximum Gasteiger partial charge on any atom is 0.186 e. The highest BCUT2D eigenvalue weighted by molar-refractivity contribution is 5.90. The molecule has 0 radical (unpaired) electrons. The Morgan fingerprint density at radius 2 is 1.64 bits per heavy atom. The standard InChI is InChI=1S/C25H48N6O11/c26-12-2-1-11(7-30-6-10(34)8-32)39-22(12)41-20-13(27)5-14(31-24(29)25(38)3-4-25)21(19(20)37)42-23-18(36)16(28)17(35)15(9-33)40-23/h10-23,30,32-38H,1-9,26-28H2,(H2,29,31)/t10?,11-,12?,13-,14+,15?,16-,17?,18?,19?,20?,21?,22+,23+/m0/s1. The minimum atomic E-state index is -1.52. The molecule has 8 unspecified atom stereocenters. The van der Waals surface area contributed by atoms with Crippen LogP contribution in [0, 0.1) is 5.41 Å². The second kappa shape index (κ2) is 14.3. The third kappa shape index (κ3) is 7.74. The summed E-state index contributed by atoms with van der Waals surface area (Å²) in [5.41, 5.74) is 17.4. The maximum absolute atomic E-state index is 11.5. The number of ether oxygens (including phenoxy) is 4. The number of hydrogen-bond acceptors (Lipinski definition) is 16. The molecule has 0 aromatic carbocycles. The van der Waals surface area contributed by atoms with Gasteiger partial charge in [0, 0.05) is 19.1 Å². The van der Waals surface area contributed by atoms with Crippen molar-refractivity contribution in [2.24, 2.45) is 17.2 Å². The predicted molar refractivity (Wildman–Crippen MR) is 145 cm³/mol. The van der Waals surface area contributed by atoms with Crippen LogP contribution >= 0.6 is 0 Å². The van der Waals surface area contributed by atoms with Crippen molar-refractivity contribution in [3.63, 3.8) is 0 Å². The molecule has 17 nitrogen and oxygen atoms in total. The summed E-state index contributed by atoms with van der Waals surface area (Å²) in [4.78, 5) is 0. The predicted octanol–water partition coefficient (Wildman–Crippen LogP) is -6.15. The Balaban J connectivity index is 1.47. The summed E-state index contributed by atoms with van der Waals surface area (Å²) < 4.78 is 23.8. The molecule has 2 aliphatic carbocycles. The van der Waals surface area contributed by atoms with Gasteiger partial charge in [0.25, 0.3) is 0 Å². The molecule has 0 bridgehead atoms. The summed E-state index contributed by atoms with van der Waals surface area (Å²) in [6, 6.07) is -3.37. The van der Waals surface area contributed by atoms with Crippen molar-refractivity contribution in [1.29, 1.82) is 5.41 Å². The Morgan fingerprint density at radius 1 is 0.952 bits per heavy atom. The molecule has 2 heterocycles. The van der Waals surface area contributed by atoms with Crippen molar-refractivity contribution in [3.8, 4) is 0 Å². The smallest absolute Gasteiger partial charge is 0.186 e. The Bertz CT molecular complexity index is 888. The fourth-order valence-electron chi connectivity index (χ4n) is 5.60. The lowest BCUT2D eigenvalue weighted by Crippen LogP contribution is -2.69. The number of aliphatic hydroxyl groups excluding tert-OH is 6. The van der Waals surface area contributed by atoms with E-state index in [1.165, 1.54) is 0 Å². The van der Waals surface area contributed by atoms with Gasteiger partial charge < -0.3 is 82.5 Å². The van der Waals surface area contributed by atoms with Gasteiger partial charge in [-0.3, -0.25) is 5.41 Å². The van der Waals surface area contributed by atoms with Gasteiger partial charge in [0.05, 0.1) is 43.5 Å². The zero-order valence-electron chi connectivity index (χ0n) is 23.4. The molecule has 17 heteroatoms. The normalized spacial score (nSPS) is 44.4. The second-order valence-electron chi connectivity index (χ2n) is 11.9. The van der Waals surface area contributed by atoms with Gasteiger partial charge in [-0.1, -0.05) is 0 Å². The number of amidine groups is 1. The number of nitrogens with one attached hydrogen (secondary N) is 3. The van der Waals surface area contributed by atoms with E-state index in [1.54, 1.807) is 0 Å². The molecule has 14 atom stereocenters. The highest BCUT2D eigenvalue weighted by Crippen LogP contribution is 2.37. The molecule has 2 saturated carbocycles. The molecule has 0 amide bonds. The van der Waals surface area contributed by atoms with Crippen molar-refractivity contribution in [2.45, 2.75) is 123 Å². The van der Waals surface area contributed by atoms with Crippen LogP contribution in [0.2, 0.25) is 0 Å². The molecule has 0 spiro atoms. The van der Waals surface area contributed by atoms with Gasteiger partial charge in [0.15, 0.2) is 12.6 Å². The van der Waals surface area contributed by atoms with Gasteiger partial charge in [-0.15, -0.1) is 0 Å². The number of nitrogens with two attached hydrogens (primary N) is 3. The molecule has 42 heavy (non-hydrogen) atoms. The van der Waals surface area contributed by atoms with E-state index >= 15 is 0 Å². The van der Waals surface area contributed by atoms with E-state index in [2.05, 4.69) is 10.6 Å². The summed E-state index contributed by atoms with van der Waals surface area (Å²) in [6.07, 6.45) is -9.37. The monoisotopic (exact) mass is 608 g/mol. The molecule has 4 rings (SSSR count). The molecule has 2 aliphatic heterocycles. The Hall–Kier alpha value is -1.13. The zero-order valence-corrected chi connectivity index (χ0v) is 23.4. The fraction of sp³-hybridized carbons (Fsp3) is 0.960. The van der Waals surface area contributed by atoms with Crippen LogP contribution in [0.5, 0.6) is 0 Å². The quantitative estimate of drug-likeness (QED) is 0.0724. The largest absolute Gasteiger partial charge is 0.394 e. The van der Waals surface area contributed by atoms with Gasteiger partial charge in [0.1, 0.15) is 48.1 Å². The molecule has 16 N–H and O–H groups in total. The van der Waals surface area contributed by atoms with Crippen molar-refractivity contribution in [3.05, 3.63) is 0 Å². The lowest BCUT2D eigenvalue weighted by Gasteiger charge is -2.48. The Labute approximate surface area is 243 Å². The molecule has 4 fully saturated rings. The summed E-state index contributed by atoms with van der Waals surface area (Å²) in [5, 5.41) is 85.3. The van der Waals surface area contributed by atoms with Crippen LogP contribution in [0.25, 0.3) is 0 Å². The summed E-state index contributed by atoms with van der Waals surface area (Å²) in [5.74, 6) is -0.162. The van der Waals surface area contributed by atoms with Gasteiger partial charge in [-0.2, -0.15) is 0 Å². The van der Waals surface area contributed by atoms with Crippen LogP contribution in [0.1, 0.15) is 32.1 Å². The van der Waals surface area contributed by atoms with Crippen LogP contribution in [0.3, 0.4) is 0 Å². The van der Waals surface area contributed by atoms with E-state index in [0.717, 1.165) is 0 Å². The first-order valence-corrected chi connectivity index (χ1v) is 14.5. The number of aliphatic hydroxyl groups is 7. The molecular formula is C25H48N6O11. The molecule has 4 aliphatic rings. The number of hydrogen-bond donors (Lipinski definition) is 13. The average Bonchev–Trinajstić information content (AvgIpc) is 3.72. The van der Waals surface area contributed by atoms with Gasteiger partial charge in [-0.25, -0.2) is 0 Å². The van der Waals surface area contributed by atoms with Crippen molar-refractivity contribution in [2.75, 3.05) is 26.3 Å². The van der Waals surface area contributed by atoms with Crippen LogP contribution in [0.4, 0.5) is 0 Å². The molecule has 2 saturated heterocycles. The zero-order chi connectivity index (χ0) is 30.8. The van der Waals surface area contributed by atoms with Crippen LogP contribution < -0.4 is 27.8 Å². The van der Waals surface area contributed by atoms with E-state index in [4.69, 9.17) is 46.7 Å². The highest BCUT2D eigenvalue weighted by Gasteiger charge is 2.52. The van der Waals surface area contributed by atoms with Crippen molar-refractivity contribution < 1.29 is 54.7 Å². The molecular weight excluding hydrogens is 560 g/mol. The highest BCUT2D eigenvalue weighted by atomic mass is 16.7. The third-order valence-electron chi connectivity index (χ3n) is 8.52. The first-order chi connectivity index (χ1) is 19.9. The minimum absolute atomic E-state index is 0.109.